The highest BCUT2D eigenvalue weighted by Crippen LogP contribution is 2.17. The van der Waals surface area contributed by atoms with Crippen LogP contribution in [-0.2, 0) is 0 Å². The number of rotatable bonds is 4. The summed E-state index contributed by atoms with van der Waals surface area (Å²) in [4.78, 5) is 0. The van der Waals surface area contributed by atoms with Gasteiger partial charge in [0.2, 0.25) is 0 Å². The second-order valence-corrected chi connectivity index (χ2v) is 6.14. The van der Waals surface area contributed by atoms with Crippen molar-refractivity contribution >= 4 is 23.5 Å². The Morgan fingerprint density at radius 1 is 1.22 bits per heavy atom. The molecule has 2 N–H and O–H groups in total. The van der Waals surface area contributed by atoms with Gasteiger partial charge in [-0.25, -0.2) is 4.68 Å². The zero-order valence-corrected chi connectivity index (χ0v) is 13.8. The highest BCUT2D eigenvalue weighted by atomic mass is 32.1. The Morgan fingerprint density at radius 2 is 2.00 bits per heavy atom. The predicted octanol–water partition coefficient (Wildman–Crippen LogP) is 3.00. The molecule has 5 nitrogen and oxygen atoms in total. The molecule has 120 valence electrons. The van der Waals surface area contributed by atoms with Crippen LogP contribution in [0.4, 0.5) is 0 Å². The topological polar surface area (TPSA) is 54.2 Å². The van der Waals surface area contributed by atoms with E-state index in [9.17, 15) is 0 Å². The van der Waals surface area contributed by atoms with Gasteiger partial charge in [-0.3, -0.25) is 5.43 Å². The maximum absolute atomic E-state index is 5.28. The molecule has 0 spiro atoms. The maximum atomic E-state index is 5.28. The van der Waals surface area contributed by atoms with Gasteiger partial charge in [-0.05, 0) is 37.2 Å². The van der Waals surface area contributed by atoms with E-state index < -0.39 is 0 Å². The lowest BCUT2D eigenvalue weighted by Gasteiger charge is -2.23. The number of hydrogen-bond donors (Lipinski definition) is 2. The highest BCUT2D eigenvalue weighted by molar-refractivity contribution is 7.80. The molecule has 2 aromatic rings. The zero-order valence-electron chi connectivity index (χ0n) is 13.0. The molecule has 1 aromatic carbocycles. The van der Waals surface area contributed by atoms with Gasteiger partial charge < -0.3 is 5.32 Å². The number of hydrazone groups is 1. The van der Waals surface area contributed by atoms with E-state index in [2.05, 4.69) is 20.9 Å². The number of para-hydroxylation sites is 1. The largest absolute Gasteiger partial charge is 0.359 e. The van der Waals surface area contributed by atoms with Crippen molar-refractivity contribution in [3.63, 3.8) is 0 Å². The van der Waals surface area contributed by atoms with Crippen molar-refractivity contribution < 1.29 is 0 Å². The molecule has 0 aliphatic heterocycles. The molecule has 1 aliphatic rings. The summed E-state index contributed by atoms with van der Waals surface area (Å²) in [5.41, 5.74) is 4.82. The van der Waals surface area contributed by atoms with Gasteiger partial charge in [0.15, 0.2) is 5.11 Å². The molecule has 1 aromatic heterocycles. The summed E-state index contributed by atoms with van der Waals surface area (Å²) in [6.45, 7) is 0. The molecule has 1 heterocycles. The van der Waals surface area contributed by atoms with Gasteiger partial charge in [-0.1, -0.05) is 37.5 Å². The zero-order chi connectivity index (χ0) is 15.9. The Bertz CT molecular complexity index is 659. The van der Waals surface area contributed by atoms with Crippen LogP contribution in [0.1, 0.15) is 37.7 Å². The average Bonchev–Trinajstić information content (AvgIpc) is 3.05. The number of hydrogen-bond acceptors (Lipinski definition) is 3. The van der Waals surface area contributed by atoms with Crippen LogP contribution in [0.15, 0.2) is 47.8 Å². The molecule has 1 fully saturated rings. The van der Waals surface area contributed by atoms with E-state index in [4.69, 9.17) is 12.2 Å². The second kappa shape index (κ2) is 7.87. The lowest BCUT2D eigenvalue weighted by molar-refractivity contribution is 0.412. The van der Waals surface area contributed by atoms with E-state index in [1.54, 1.807) is 12.4 Å². The summed E-state index contributed by atoms with van der Waals surface area (Å²) in [6, 6.07) is 10.5. The smallest absolute Gasteiger partial charge is 0.187 e. The minimum atomic E-state index is 0.486. The van der Waals surface area contributed by atoms with Gasteiger partial charge in [0.1, 0.15) is 0 Å². The Morgan fingerprint density at radius 3 is 2.78 bits per heavy atom. The van der Waals surface area contributed by atoms with E-state index in [1.165, 1.54) is 32.1 Å². The monoisotopic (exact) mass is 327 g/mol. The fraction of sp³-hybridized carbons (Fsp3) is 0.353. The first-order chi connectivity index (χ1) is 11.3. The van der Waals surface area contributed by atoms with Gasteiger partial charge >= 0.3 is 0 Å². The molecule has 1 saturated carbocycles. The lowest BCUT2D eigenvalue weighted by atomic mass is 9.96. The molecule has 3 rings (SSSR count). The number of benzene rings is 1. The van der Waals surface area contributed by atoms with E-state index in [0.29, 0.717) is 11.2 Å². The molecule has 0 saturated heterocycles. The highest BCUT2D eigenvalue weighted by Gasteiger charge is 2.13. The Hall–Kier alpha value is -2.21. The molecule has 0 amide bonds. The number of nitrogens with zero attached hydrogens (tertiary/aromatic N) is 3. The first-order valence-electron chi connectivity index (χ1n) is 8.01. The van der Waals surface area contributed by atoms with Crippen LogP contribution in [0.2, 0.25) is 0 Å². The SMILES string of the molecule is S=C(N/N=C\c1cnn(-c2ccccc2)c1)NC1CCCCC1. The fourth-order valence-corrected chi connectivity index (χ4v) is 2.97. The molecular weight excluding hydrogens is 306 g/mol. The third-order valence-corrected chi connectivity index (χ3v) is 4.15. The number of nitrogens with one attached hydrogen (secondary N) is 2. The first kappa shape index (κ1) is 15.7. The fourth-order valence-electron chi connectivity index (χ4n) is 2.76. The first-order valence-corrected chi connectivity index (χ1v) is 8.42. The third kappa shape index (κ3) is 4.63. The normalized spacial score (nSPS) is 15.7. The van der Waals surface area contributed by atoms with Crippen molar-refractivity contribution in [2.75, 3.05) is 0 Å². The molecule has 0 unspecified atom stereocenters. The van der Waals surface area contributed by atoms with Crippen molar-refractivity contribution in [1.29, 1.82) is 0 Å². The predicted molar refractivity (Wildman–Crippen MR) is 96.9 cm³/mol. The number of thiocarbonyl (C=S) groups is 1. The minimum absolute atomic E-state index is 0.486. The molecule has 0 radical (unpaired) electrons. The summed E-state index contributed by atoms with van der Waals surface area (Å²) >= 11 is 5.28. The van der Waals surface area contributed by atoms with Crippen LogP contribution < -0.4 is 10.7 Å². The third-order valence-electron chi connectivity index (χ3n) is 3.94. The molecule has 0 bridgehead atoms. The molecule has 1 aliphatic carbocycles. The summed E-state index contributed by atoms with van der Waals surface area (Å²) in [5, 5.41) is 12.4. The Kier molecular flexibility index (Phi) is 5.37. The summed E-state index contributed by atoms with van der Waals surface area (Å²) < 4.78 is 1.82. The van der Waals surface area contributed by atoms with Gasteiger partial charge in [0.05, 0.1) is 18.1 Å². The van der Waals surface area contributed by atoms with Gasteiger partial charge in [-0.2, -0.15) is 10.2 Å². The van der Waals surface area contributed by atoms with Crippen LogP contribution in [0, 0.1) is 0 Å². The van der Waals surface area contributed by atoms with E-state index in [-0.39, 0.29) is 0 Å². The van der Waals surface area contributed by atoms with Gasteiger partial charge in [-0.15, -0.1) is 0 Å². The van der Waals surface area contributed by atoms with Crippen molar-refractivity contribution in [1.82, 2.24) is 20.5 Å². The molecular formula is C17H21N5S. The average molecular weight is 327 g/mol. The van der Waals surface area contributed by atoms with Gasteiger partial charge in [0, 0.05) is 17.8 Å². The van der Waals surface area contributed by atoms with Crippen LogP contribution in [0.5, 0.6) is 0 Å². The summed E-state index contributed by atoms with van der Waals surface area (Å²) in [5.74, 6) is 0. The van der Waals surface area contributed by atoms with Crippen molar-refractivity contribution in [2.24, 2.45) is 5.10 Å². The minimum Gasteiger partial charge on any atom is -0.359 e. The second-order valence-electron chi connectivity index (χ2n) is 5.73. The lowest BCUT2D eigenvalue weighted by Crippen LogP contribution is -2.40. The molecule has 0 atom stereocenters. The Balaban J connectivity index is 1.50. The van der Waals surface area contributed by atoms with Crippen LogP contribution in [-0.4, -0.2) is 27.1 Å². The molecule has 23 heavy (non-hydrogen) atoms. The van der Waals surface area contributed by atoms with Crippen LogP contribution >= 0.6 is 12.2 Å². The van der Waals surface area contributed by atoms with Crippen molar-refractivity contribution in [2.45, 2.75) is 38.1 Å². The van der Waals surface area contributed by atoms with Crippen LogP contribution in [0.3, 0.4) is 0 Å². The van der Waals surface area contributed by atoms with Crippen LogP contribution in [0.25, 0.3) is 5.69 Å². The van der Waals surface area contributed by atoms with Gasteiger partial charge in [0.25, 0.3) is 0 Å². The summed E-state index contributed by atoms with van der Waals surface area (Å²) in [7, 11) is 0. The Labute approximate surface area is 141 Å². The van der Waals surface area contributed by atoms with E-state index >= 15 is 0 Å². The van der Waals surface area contributed by atoms with Crippen molar-refractivity contribution in [3.05, 3.63) is 48.3 Å². The maximum Gasteiger partial charge on any atom is 0.187 e. The van der Waals surface area contributed by atoms with Crippen molar-refractivity contribution in [3.8, 4) is 5.69 Å². The summed E-state index contributed by atoms with van der Waals surface area (Å²) in [6.07, 6.45) is 11.7. The van der Waals surface area contributed by atoms with E-state index in [0.717, 1.165) is 11.3 Å². The standard InChI is InChI=1S/C17H21N5S/c23-17(20-15-7-3-1-4-8-15)21-18-11-14-12-19-22(13-14)16-9-5-2-6-10-16/h2,5-6,9-13,15H,1,3-4,7-8H2,(H2,20,21,23)/b18-11-. The quantitative estimate of drug-likeness (QED) is 0.515. The number of aromatic nitrogens is 2. The van der Waals surface area contributed by atoms with E-state index in [1.807, 2.05) is 41.2 Å². The molecule has 6 heteroatoms.